The fourth-order valence-electron chi connectivity index (χ4n) is 2.28. The predicted octanol–water partition coefficient (Wildman–Crippen LogP) is 1.60. The third kappa shape index (κ3) is 3.23. The number of hydrogen-bond acceptors (Lipinski definition) is 4. The summed E-state index contributed by atoms with van der Waals surface area (Å²) in [7, 11) is -1.06. The Morgan fingerprint density at radius 2 is 1.83 bits per heavy atom. The van der Waals surface area contributed by atoms with Crippen molar-refractivity contribution in [2.24, 2.45) is 0 Å². The van der Waals surface area contributed by atoms with E-state index in [-0.39, 0.29) is 0 Å². The first-order chi connectivity index (χ1) is 8.47. The lowest BCUT2D eigenvalue weighted by molar-refractivity contribution is 0.264. The van der Waals surface area contributed by atoms with E-state index in [1.54, 1.807) is 12.1 Å². The second-order valence-electron chi connectivity index (χ2n) is 4.99. The lowest BCUT2D eigenvalue weighted by atomic mass is 10.1. The highest BCUT2D eigenvalue weighted by Gasteiger charge is 2.19. The van der Waals surface area contributed by atoms with Crippen molar-refractivity contribution < 1.29 is 8.42 Å². The van der Waals surface area contributed by atoms with Crippen molar-refractivity contribution in [3.63, 3.8) is 0 Å². The van der Waals surface area contributed by atoms with E-state index in [1.165, 1.54) is 6.26 Å². The molecule has 0 radical (unpaired) electrons. The Balaban J connectivity index is 2.15. The fourth-order valence-corrected chi connectivity index (χ4v) is 3.13. The lowest BCUT2D eigenvalue weighted by Gasteiger charge is -2.30. The zero-order valence-electron chi connectivity index (χ0n) is 10.9. The van der Waals surface area contributed by atoms with Crippen molar-refractivity contribution in [2.45, 2.75) is 23.8 Å². The molecule has 0 amide bonds. The van der Waals surface area contributed by atoms with Crippen LogP contribution in [-0.2, 0) is 9.84 Å². The quantitative estimate of drug-likeness (QED) is 0.904. The monoisotopic (exact) mass is 268 g/mol. The summed E-state index contributed by atoms with van der Waals surface area (Å²) in [5.41, 5.74) is 0.731. The molecule has 2 rings (SSSR count). The molecule has 1 N–H and O–H groups in total. The molecule has 1 saturated heterocycles. The highest BCUT2D eigenvalue weighted by atomic mass is 32.2. The van der Waals surface area contributed by atoms with Gasteiger partial charge in [-0.3, -0.25) is 0 Å². The van der Waals surface area contributed by atoms with Crippen LogP contribution in [0.1, 0.15) is 12.8 Å². The van der Waals surface area contributed by atoms with E-state index in [4.69, 9.17) is 0 Å². The van der Waals surface area contributed by atoms with Gasteiger partial charge >= 0.3 is 0 Å². The van der Waals surface area contributed by atoms with Crippen molar-refractivity contribution in [1.82, 2.24) is 4.90 Å². The molecule has 1 fully saturated rings. The van der Waals surface area contributed by atoms with Crippen LogP contribution in [0.2, 0.25) is 0 Å². The maximum absolute atomic E-state index is 11.7. The first kappa shape index (κ1) is 13.4. The number of piperidine rings is 1. The van der Waals surface area contributed by atoms with Gasteiger partial charge in [-0.2, -0.15) is 0 Å². The molecule has 0 atom stereocenters. The minimum absolute atomic E-state index is 0.365. The van der Waals surface area contributed by atoms with Crippen LogP contribution in [0, 0.1) is 0 Å². The molecule has 100 valence electrons. The van der Waals surface area contributed by atoms with Gasteiger partial charge in [0, 0.05) is 12.3 Å². The van der Waals surface area contributed by atoms with E-state index in [0.717, 1.165) is 31.6 Å². The first-order valence-corrected chi connectivity index (χ1v) is 8.10. The summed E-state index contributed by atoms with van der Waals surface area (Å²) in [5.74, 6) is 0. The number of hydrogen-bond donors (Lipinski definition) is 1. The van der Waals surface area contributed by atoms with Gasteiger partial charge in [-0.1, -0.05) is 12.1 Å². The maximum atomic E-state index is 11.7. The van der Waals surface area contributed by atoms with Crippen LogP contribution < -0.4 is 5.32 Å². The highest BCUT2D eigenvalue weighted by Crippen LogP contribution is 2.23. The highest BCUT2D eigenvalue weighted by molar-refractivity contribution is 7.90. The third-order valence-electron chi connectivity index (χ3n) is 3.36. The number of nitrogens with one attached hydrogen (secondary N) is 1. The number of benzene rings is 1. The number of para-hydroxylation sites is 1. The molecule has 5 heteroatoms. The summed E-state index contributed by atoms with van der Waals surface area (Å²) in [4.78, 5) is 2.68. The zero-order valence-corrected chi connectivity index (χ0v) is 11.7. The van der Waals surface area contributed by atoms with Gasteiger partial charge in [0.25, 0.3) is 0 Å². The molecular formula is C13H20N2O2S. The Hall–Kier alpha value is -1.07. The molecular weight excluding hydrogens is 248 g/mol. The van der Waals surface area contributed by atoms with E-state index in [9.17, 15) is 8.42 Å². The summed E-state index contributed by atoms with van der Waals surface area (Å²) in [5, 5.41) is 3.37. The molecule has 0 saturated carbocycles. The lowest BCUT2D eigenvalue weighted by Crippen LogP contribution is -2.36. The largest absolute Gasteiger partial charge is 0.381 e. The normalized spacial score (nSPS) is 18.8. The molecule has 1 heterocycles. The summed E-state index contributed by atoms with van der Waals surface area (Å²) >= 11 is 0. The van der Waals surface area contributed by atoms with Crippen molar-refractivity contribution in [3.8, 4) is 0 Å². The van der Waals surface area contributed by atoms with E-state index < -0.39 is 9.84 Å². The molecule has 1 aliphatic rings. The summed E-state index contributed by atoms with van der Waals surface area (Å²) in [6.45, 7) is 2.11. The maximum Gasteiger partial charge on any atom is 0.177 e. The van der Waals surface area contributed by atoms with Crippen molar-refractivity contribution in [3.05, 3.63) is 24.3 Å². The number of rotatable bonds is 3. The fraction of sp³-hybridized carbons (Fsp3) is 0.538. The number of likely N-dealkylation sites (tertiary alicyclic amines) is 1. The van der Waals surface area contributed by atoms with Crippen molar-refractivity contribution in [2.75, 3.05) is 31.7 Å². The Kier molecular flexibility index (Phi) is 3.92. The molecule has 1 aromatic rings. The molecule has 18 heavy (non-hydrogen) atoms. The Labute approximate surface area is 109 Å². The molecule has 1 aliphatic heterocycles. The first-order valence-electron chi connectivity index (χ1n) is 6.21. The summed E-state index contributed by atoms with van der Waals surface area (Å²) in [6, 6.07) is 7.49. The SMILES string of the molecule is CN1CCC(Nc2ccccc2S(C)(=O)=O)CC1. The van der Waals surface area contributed by atoms with Crippen LogP contribution in [0.15, 0.2) is 29.2 Å². The van der Waals surface area contributed by atoms with Gasteiger partial charge in [-0.05, 0) is 45.1 Å². The average molecular weight is 268 g/mol. The summed E-state index contributed by atoms with van der Waals surface area (Å²) < 4.78 is 23.4. The van der Waals surface area contributed by atoms with Gasteiger partial charge in [0.15, 0.2) is 9.84 Å². The standard InChI is InChI=1S/C13H20N2O2S/c1-15-9-7-11(8-10-15)14-12-5-3-4-6-13(12)18(2,16)17/h3-6,11,14H,7-10H2,1-2H3. The Morgan fingerprint density at radius 3 is 2.44 bits per heavy atom. The molecule has 0 aliphatic carbocycles. The minimum atomic E-state index is -3.17. The van der Waals surface area contributed by atoms with E-state index >= 15 is 0 Å². The number of sulfone groups is 1. The molecule has 0 aromatic heterocycles. The van der Waals surface area contributed by atoms with Crippen LogP contribution in [-0.4, -0.2) is 45.8 Å². The minimum Gasteiger partial charge on any atom is -0.381 e. The number of anilines is 1. The van der Waals surface area contributed by atoms with Crippen LogP contribution >= 0.6 is 0 Å². The molecule has 0 spiro atoms. The smallest absolute Gasteiger partial charge is 0.177 e. The van der Waals surface area contributed by atoms with Crippen LogP contribution in [0.25, 0.3) is 0 Å². The van der Waals surface area contributed by atoms with Crippen molar-refractivity contribution >= 4 is 15.5 Å². The predicted molar refractivity (Wildman–Crippen MR) is 73.7 cm³/mol. The molecule has 4 nitrogen and oxygen atoms in total. The second-order valence-corrected chi connectivity index (χ2v) is 6.97. The van der Waals surface area contributed by atoms with Crippen LogP contribution in [0.4, 0.5) is 5.69 Å². The Bertz CT molecular complexity index is 505. The van der Waals surface area contributed by atoms with E-state index in [0.29, 0.717) is 10.9 Å². The van der Waals surface area contributed by atoms with Gasteiger partial charge in [-0.25, -0.2) is 8.42 Å². The van der Waals surface area contributed by atoms with Gasteiger partial charge in [-0.15, -0.1) is 0 Å². The van der Waals surface area contributed by atoms with Crippen molar-refractivity contribution in [1.29, 1.82) is 0 Å². The van der Waals surface area contributed by atoms with Crippen LogP contribution in [0.5, 0.6) is 0 Å². The third-order valence-corrected chi connectivity index (χ3v) is 4.52. The molecule has 0 unspecified atom stereocenters. The van der Waals surface area contributed by atoms with E-state index in [1.807, 2.05) is 12.1 Å². The molecule has 1 aromatic carbocycles. The Morgan fingerprint density at radius 1 is 1.22 bits per heavy atom. The number of nitrogens with zero attached hydrogens (tertiary/aromatic N) is 1. The second kappa shape index (κ2) is 5.28. The van der Waals surface area contributed by atoms with E-state index in [2.05, 4.69) is 17.3 Å². The average Bonchev–Trinajstić information content (AvgIpc) is 2.31. The van der Waals surface area contributed by atoms with Gasteiger partial charge in [0.1, 0.15) is 0 Å². The van der Waals surface area contributed by atoms with Crippen LogP contribution in [0.3, 0.4) is 0 Å². The van der Waals surface area contributed by atoms with Gasteiger partial charge in [0.05, 0.1) is 10.6 Å². The molecule has 0 bridgehead atoms. The topological polar surface area (TPSA) is 49.4 Å². The van der Waals surface area contributed by atoms with Gasteiger partial charge in [0.2, 0.25) is 0 Å². The van der Waals surface area contributed by atoms with Gasteiger partial charge < -0.3 is 10.2 Å². The summed E-state index contributed by atoms with van der Waals surface area (Å²) in [6.07, 6.45) is 3.35. The zero-order chi connectivity index (χ0) is 13.2.